The average molecular weight is 431 g/mol. The molecule has 0 saturated carbocycles. The number of amides is 4. The quantitative estimate of drug-likeness (QED) is 0.378. The summed E-state index contributed by atoms with van der Waals surface area (Å²) >= 11 is 0. The zero-order chi connectivity index (χ0) is 21.9. The standard InChI is InChI=1S/C20H38N4O6/c1-4-7-10-28-14-22-17-18(24(20(22)27)16-30-12-9-6-3)23(15-29-11-8-5-2)19(26)21(17)13-25/h17-18,25H,4-16H2,1-3H3. The minimum atomic E-state index is -0.652. The molecule has 2 heterocycles. The highest BCUT2D eigenvalue weighted by atomic mass is 16.5. The summed E-state index contributed by atoms with van der Waals surface area (Å²) < 4.78 is 17.0. The number of carbonyl (C=O) groups excluding carboxylic acids is 2. The Kier molecular flexibility index (Phi) is 10.6. The summed E-state index contributed by atoms with van der Waals surface area (Å²) in [6, 6.07) is -0.642. The van der Waals surface area contributed by atoms with Crippen LogP contribution in [-0.2, 0) is 14.2 Å². The molecule has 0 bridgehead atoms. The summed E-state index contributed by atoms with van der Waals surface area (Å²) in [4.78, 5) is 31.9. The van der Waals surface area contributed by atoms with Crippen molar-refractivity contribution in [2.45, 2.75) is 71.6 Å². The van der Waals surface area contributed by atoms with E-state index in [1.54, 1.807) is 0 Å². The number of hydrogen-bond acceptors (Lipinski definition) is 6. The van der Waals surface area contributed by atoms with Crippen molar-refractivity contribution in [3.63, 3.8) is 0 Å². The van der Waals surface area contributed by atoms with Gasteiger partial charge in [-0.05, 0) is 19.3 Å². The minimum Gasteiger partial charge on any atom is -0.376 e. The van der Waals surface area contributed by atoms with Crippen LogP contribution in [0.25, 0.3) is 0 Å². The zero-order valence-electron chi connectivity index (χ0n) is 18.6. The lowest BCUT2D eigenvalue weighted by molar-refractivity contribution is -0.0309. The van der Waals surface area contributed by atoms with Crippen molar-refractivity contribution in [1.29, 1.82) is 0 Å². The molecule has 0 aromatic rings. The van der Waals surface area contributed by atoms with Gasteiger partial charge in [0.25, 0.3) is 0 Å². The SMILES string of the molecule is CCCCOCN1C(=O)N(COCCCC)C2C1N(CO)C(=O)N2COCCCC. The molecule has 0 spiro atoms. The van der Waals surface area contributed by atoms with Crippen molar-refractivity contribution in [3.05, 3.63) is 0 Å². The summed E-state index contributed by atoms with van der Waals surface area (Å²) in [5.74, 6) is 0. The second-order valence-corrected chi connectivity index (χ2v) is 7.59. The normalized spacial score (nSPS) is 21.3. The number of hydrogen-bond donors (Lipinski definition) is 1. The average Bonchev–Trinajstić information content (AvgIpc) is 3.16. The van der Waals surface area contributed by atoms with Crippen LogP contribution >= 0.6 is 0 Å². The Labute approximate surface area is 179 Å². The molecule has 2 fully saturated rings. The fourth-order valence-electron chi connectivity index (χ4n) is 3.53. The molecule has 2 aliphatic rings. The summed E-state index contributed by atoms with van der Waals surface area (Å²) in [5.41, 5.74) is 0. The first kappa shape index (κ1) is 24.6. The van der Waals surface area contributed by atoms with E-state index in [1.807, 2.05) is 0 Å². The topological polar surface area (TPSA) is 95.0 Å². The van der Waals surface area contributed by atoms with Crippen LogP contribution in [0.5, 0.6) is 0 Å². The number of aliphatic hydroxyl groups is 1. The molecule has 2 rings (SSSR count). The Morgan fingerprint density at radius 1 is 0.667 bits per heavy atom. The Morgan fingerprint density at radius 2 is 1.00 bits per heavy atom. The Hall–Kier alpha value is -1.62. The van der Waals surface area contributed by atoms with Gasteiger partial charge in [-0.3, -0.25) is 19.6 Å². The Bertz CT molecular complexity index is 527. The van der Waals surface area contributed by atoms with E-state index < -0.39 is 19.1 Å². The van der Waals surface area contributed by atoms with Crippen LogP contribution in [0.2, 0.25) is 0 Å². The number of carbonyl (C=O) groups is 2. The molecule has 4 amide bonds. The van der Waals surface area contributed by atoms with Gasteiger partial charge >= 0.3 is 12.1 Å². The second-order valence-electron chi connectivity index (χ2n) is 7.59. The third-order valence-electron chi connectivity index (χ3n) is 5.30. The zero-order valence-corrected chi connectivity index (χ0v) is 18.6. The summed E-state index contributed by atoms with van der Waals surface area (Å²) in [5, 5.41) is 9.87. The summed E-state index contributed by atoms with van der Waals surface area (Å²) in [6.07, 6.45) is 4.39. The lowest BCUT2D eigenvalue weighted by Crippen LogP contribution is -2.48. The fourth-order valence-corrected chi connectivity index (χ4v) is 3.53. The van der Waals surface area contributed by atoms with E-state index in [-0.39, 0.29) is 32.3 Å². The smallest absolute Gasteiger partial charge is 0.327 e. The van der Waals surface area contributed by atoms with Gasteiger partial charge in [0.1, 0.15) is 26.9 Å². The van der Waals surface area contributed by atoms with Gasteiger partial charge in [0.2, 0.25) is 0 Å². The molecule has 2 saturated heterocycles. The number of rotatable bonds is 16. The van der Waals surface area contributed by atoms with Gasteiger partial charge in [-0.25, -0.2) is 9.59 Å². The molecular formula is C20H38N4O6. The molecule has 10 nitrogen and oxygen atoms in total. The van der Waals surface area contributed by atoms with Crippen LogP contribution in [0.4, 0.5) is 9.59 Å². The van der Waals surface area contributed by atoms with Crippen molar-refractivity contribution in [2.75, 3.05) is 46.7 Å². The van der Waals surface area contributed by atoms with Crippen molar-refractivity contribution < 1.29 is 28.9 Å². The first-order chi connectivity index (χ1) is 14.6. The van der Waals surface area contributed by atoms with E-state index in [0.29, 0.717) is 19.8 Å². The molecule has 2 atom stereocenters. The Morgan fingerprint density at radius 3 is 1.33 bits per heavy atom. The lowest BCUT2D eigenvalue weighted by Gasteiger charge is -2.29. The van der Waals surface area contributed by atoms with E-state index in [9.17, 15) is 14.7 Å². The summed E-state index contributed by atoms with van der Waals surface area (Å²) in [6.45, 7) is 7.49. The molecule has 0 aromatic heterocycles. The van der Waals surface area contributed by atoms with Crippen LogP contribution in [0.15, 0.2) is 0 Å². The van der Waals surface area contributed by atoms with Crippen LogP contribution in [0, 0.1) is 0 Å². The molecule has 0 aliphatic carbocycles. The number of nitrogens with zero attached hydrogens (tertiary/aromatic N) is 4. The summed E-state index contributed by atoms with van der Waals surface area (Å²) in [7, 11) is 0. The molecular weight excluding hydrogens is 392 g/mol. The molecule has 2 aliphatic heterocycles. The fraction of sp³-hybridized carbons (Fsp3) is 0.900. The molecule has 0 aromatic carbocycles. The number of urea groups is 2. The van der Waals surface area contributed by atoms with Gasteiger partial charge in [0.05, 0.1) is 0 Å². The maximum absolute atomic E-state index is 13.1. The van der Waals surface area contributed by atoms with Gasteiger partial charge in [-0.15, -0.1) is 0 Å². The third kappa shape index (κ3) is 5.75. The van der Waals surface area contributed by atoms with E-state index in [4.69, 9.17) is 14.2 Å². The van der Waals surface area contributed by atoms with Crippen molar-refractivity contribution in [1.82, 2.24) is 19.6 Å². The van der Waals surface area contributed by atoms with E-state index in [0.717, 1.165) is 38.5 Å². The van der Waals surface area contributed by atoms with E-state index in [1.165, 1.54) is 19.6 Å². The van der Waals surface area contributed by atoms with Gasteiger partial charge < -0.3 is 19.3 Å². The van der Waals surface area contributed by atoms with Gasteiger partial charge in [-0.1, -0.05) is 40.0 Å². The van der Waals surface area contributed by atoms with Crippen LogP contribution in [-0.4, -0.2) is 95.8 Å². The molecule has 1 N–H and O–H groups in total. The van der Waals surface area contributed by atoms with Gasteiger partial charge in [0.15, 0.2) is 12.3 Å². The maximum Gasteiger partial charge on any atom is 0.327 e. The molecule has 2 unspecified atom stereocenters. The molecule has 174 valence electrons. The highest BCUT2D eigenvalue weighted by molar-refractivity contribution is 5.85. The Balaban J connectivity index is 2.16. The largest absolute Gasteiger partial charge is 0.376 e. The second kappa shape index (κ2) is 12.9. The van der Waals surface area contributed by atoms with Crippen molar-refractivity contribution >= 4 is 12.1 Å². The van der Waals surface area contributed by atoms with Gasteiger partial charge in [-0.2, -0.15) is 0 Å². The maximum atomic E-state index is 13.1. The molecule has 30 heavy (non-hydrogen) atoms. The van der Waals surface area contributed by atoms with E-state index >= 15 is 0 Å². The van der Waals surface area contributed by atoms with Crippen LogP contribution in [0.3, 0.4) is 0 Å². The highest BCUT2D eigenvalue weighted by Crippen LogP contribution is 2.34. The number of fused-ring (bicyclic) bond motifs is 1. The van der Waals surface area contributed by atoms with E-state index in [2.05, 4.69) is 20.8 Å². The van der Waals surface area contributed by atoms with Crippen molar-refractivity contribution in [3.8, 4) is 0 Å². The first-order valence-electron chi connectivity index (χ1n) is 11.1. The van der Waals surface area contributed by atoms with Crippen molar-refractivity contribution in [2.24, 2.45) is 0 Å². The third-order valence-corrected chi connectivity index (χ3v) is 5.30. The predicted octanol–water partition coefficient (Wildman–Crippen LogP) is 2.39. The monoisotopic (exact) mass is 430 g/mol. The predicted molar refractivity (Wildman–Crippen MR) is 110 cm³/mol. The number of ether oxygens (including phenoxy) is 3. The number of unbranched alkanes of at least 4 members (excludes halogenated alkanes) is 3. The highest BCUT2D eigenvalue weighted by Gasteiger charge is 2.59. The lowest BCUT2D eigenvalue weighted by atomic mass is 10.3. The molecule has 10 heteroatoms. The first-order valence-corrected chi connectivity index (χ1v) is 11.1. The minimum absolute atomic E-state index is 0.0553. The van der Waals surface area contributed by atoms with Gasteiger partial charge in [0, 0.05) is 19.8 Å². The molecule has 0 radical (unpaired) electrons. The van der Waals surface area contributed by atoms with Crippen LogP contribution in [0.1, 0.15) is 59.3 Å². The number of aliphatic hydroxyl groups excluding tert-OH is 1. The van der Waals surface area contributed by atoms with Crippen LogP contribution < -0.4 is 0 Å².